The van der Waals surface area contributed by atoms with Crippen LogP contribution < -0.4 is 5.73 Å². The van der Waals surface area contributed by atoms with E-state index >= 15 is 0 Å². The zero-order valence-electron chi connectivity index (χ0n) is 9.31. The van der Waals surface area contributed by atoms with Gasteiger partial charge in [-0.25, -0.2) is 4.98 Å². The van der Waals surface area contributed by atoms with Crippen LogP contribution in [0.15, 0.2) is 34.5 Å². The summed E-state index contributed by atoms with van der Waals surface area (Å²) in [5.74, 6) is 0. The highest BCUT2D eigenvalue weighted by molar-refractivity contribution is 7.98. The Kier molecular flexibility index (Phi) is 3.63. The molecule has 0 fully saturated rings. The predicted octanol–water partition coefficient (Wildman–Crippen LogP) is 3.55. The summed E-state index contributed by atoms with van der Waals surface area (Å²) in [5.41, 5.74) is 7.97. The summed E-state index contributed by atoms with van der Waals surface area (Å²) in [6.45, 7) is 1.96. The summed E-state index contributed by atoms with van der Waals surface area (Å²) in [7, 11) is 0. The molecule has 0 aliphatic carbocycles. The van der Waals surface area contributed by atoms with E-state index in [0.29, 0.717) is 0 Å². The van der Waals surface area contributed by atoms with Crippen LogP contribution in [-0.4, -0.2) is 11.2 Å². The van der Waals surface area contributed by atoms with Gasteiger partial charge in [0.1, 0.15) is 5.01 Å². The Morgan fingerprint density at radius 2 is 2.00 bits per heavy atom. The molecule has 1 unspecified atom stereocenters. The fourth-order valence-corrected chi connectivity index (χ4v) is 2.59. The summed E-state index contributed by atoms with van der Waals surface area (Å²) in [4.78, 5) is 5.79. The fourth-order valence-electron chi connectivity index (χ4n) is 1.39. The molecule has 1 heterocycles. The first kappa shape index (κ1) is 11.6. The van der Waals surface area contributed by atoms with Gasteiger partial charge >= 0.3 is 0 Å². The third kappa shape index (κ3) is 2.45. The van der Waals surface area contributed by atoms with Gasteiger partial charge in [0, 0.05) is 15.8 Å². The molecule has 1 aromatic carbocycles. The Labute approximate surface area is 104 Å². The normalized spacial score (nSPS) is 12.7. The molecule has 0 saturated heterocycles. The van der Waals surface area contributed by atoms with Crippen molar-refractivity contribution in [2.75, 3.05) is 6.26 Å². The van der Waals surface area contributed by atoms with E-state index in [1.165, 1.54) is 4.90 Å². The second-order valence-electron chi connectivity index (χ2n) is 3.59. The minimum absolute atomic E-state index is 0.0178. The van der Waals surface area contributed by atoms with Crippen LogP contribution in [-0.2, 0) is 0 Å². The monoisotopic (exact) mass is 250 g/mol. The molecule has 0 bridgehead atoms. The molecule has 0 amide bonds. The number of hydrogen-bond acceptors (Lipinski definition) is 4. The van der Waals surface area contributed by atoms with Gasteiger partial charge in [-0.2, -0.15) is 0 Å². The van der Waals surface area contributed by atoms with Gasteiger partial charge in [-0.05, 0) is 25.3 Å². The molecule has 0 radical (unpaired) electrons. The van der Waals surface area contributed by atoms with Crippen molar-refractivity contribution in [1.29, 1.82) is 0 Å². The van der Waals surface area contributed by atoms with Crippen LogP contribution in [0.25, 0.3) is 11.3 Å². The number of aromatic nitrogens is 1. The molecule has 4 heteroatoms. The molecule has 1 aromatic heterocycles. The van der Waals surface area contributed by atoms with E-state index in [0.717, 1.165) is 16.3 Å². The molecule has 0 aliphatic heterocycles. The lowest BCUT2D eigenvalue weighted by atomic mass is 10.2. The SMILES string of the molecule is CSc1ccc(-c2csc(C(C)N)n2)cc1. The topological polar surface area (TPSA) is 38.9 Å². The molecule has 2 rings (SSSR count). The smallest absolute Gasteiger partial charge is 0.110 e. The maximum atomic E-state index is 5.80. The summed E-state index contributed by atoms with van der Waals surface area (Å²) >= 11 is 3.37. The Balaban J connectivity index is 2.28. The van der Waals surface area contributed by atoms with Crippen molar-refractivity contribution in [3.8, 4) is 11.3 Å². The molecule has 2 nitrogen and oxygen atoms in total. The van der Waals surface area contributed by atoms with Crippen LogP contribution in [0, 0.1) is 0 Å². The van der Waals surface area contributed by atoms with Gasteiger partial charge < -0.3 is 5.73 Å². The predicted molar refractivity (Wildman–Crippen MR) is 71.9 cm³/mol. The van der Waals surface area contributed by atoms with E-state index in [-0.39, 0.29) is 6.04 Å². The van der Waals surface area contributed by atoms with E-state index in [9.17, 15) is 0 Å². The van der Waals surface area contributed by atoms with Gasteiger partial charge in [0.2, 0.25) is 0 Å². The van der Waals surface area contributed by atoms with Crippen LogP contribution in [0.4, 0.5) is 0 Å². The molecule has 0 saturated carbocycles. The summed E-state index contributed by atoms with van der Waals surface area (Å²) in [6.07, 6.45) is 2.08. The van der Waals surface area contributed by atoms with E-state index in [1.54, 1.807) is 23.1 Å². The third-order valence-electron chi connectivity index (χ3n) is 2.30. The number of thiazole rings is 1. The maximum absolute atomic E-state index is 5.80. The number of benzene rings is 1. The Morgan fingerprint density at radius 1 is 1.31 bits per heavy atom. The molecule has 1 atom stereocenters. The van der Waals surface area contributed by atoms with E-state index in [2.05, 4.69) is 40.9 Å². The zero-order chi connectivity index (χ0) is 11.5. The molecule has 2 aromatic rings. The Morgan fingerprint density at radius 3 is 2.50 bits per heavy atom. The average molecular weight is 250 g/mol. The highest BCUT2D eigenvalue weighted by atomic mass is 32.2. The number of thioether (sulfide) groups is 1. The number of rotatable bonds is 3. The molecular weight excluding hydrogens is 236 g/mol. The standard InChI is InChI=1S/C12H14N2S2/c1-8(13)12-14-11(7-16-12)9-3-5-10(15-2)6-4-9/h3-8H,13H2,1-2H3. The van der Waals surface area contributed by atoms with Crippen molar-refractivity contribution in [3.05, 3.63) is 34.7 Å². The van der Waals surface area contributed by atoms with Gasteiger partial charge in [0.15, 0.2) is 0 Å². The first-order valence-electron chi connectivity index (χ1n) is 5.06. The molecular formula is C12H14N2S2. The highest BCUT2D eigenvalue weighted by Gasteiger charge is 2.07. The highest BCUT2D eigenvalue weighted by Crippen LogP contribution is 2.26. The summed E-state index contributed by atoms with van der Waals surface area (Å²) in [6, 6.07) is 8.46. The van der Waals surface area contributed by atoms with Gasteiger partial charge in [0.25, 0.3) is 0 Å². The first-order valence-corrected chi connectivity index (χ1v) is 7.16. The lowest BCUT2D eigenvalue weighted by Gasteiger charge is -2.00. The van der Waals surface area contributed by atoms with Gasteiger partial charge in [-0.15, -0.1) is 23.1 Å². The van der Waals surface area contributed by atoms with Crippen molar-refractivity contribution in [2.45, 2.75) is 17.9 Å². The Hall–Kier alpha value is -0.840. The van der Waals surface area contributed by atoms with Crippen LogP contribution in [0.5, 0.6) is 0 Å². The van der Waals surface area contributed by atoms with Crippen LogP contribution >= 0.6 is 23.1 Å². The summed E-state index contributed by atoms with van der Waals surface area (Å²) < 4.78 is 0. The molecule has 0 aliphatic rings. The fraction of sp³-hybridized carbons (Fsp3) is 0.250. The van der Waals surface area contributed by atoms with Crippen molar-refractivity contribution < 1.29 is 0 Å². The maximum Gasteiger partial charge on any atom is 0.110 e. The van der Waals surface area contributed by atoms with Crippen molar-refractivity contribution >= 4 is 23.1 Å². The lowest BCUT2D eigenvalue weighted by molar-refractivity contribution is 0.808. The summed E-state index contributed by atoms with van der Waals surface area (Å²) in [5, 5.41) is 3.05. The molecule has 2 N–H and O–H groups in total. The Bertz CT molecular complexity index is 460. The lowest BCUT2D eigenvalue weighted by Crippen LogP contribution is -2.03. The minimum Gasteiger partial charge on any atom is -0.322 e. The van der Waals surface area contributed by atoms with Crippen molar-refractivity contribution in [3.63, 3.8) is 0 Å². The van der Waals surface area contributed by atoms with Crippen LogP contribution in [0.1, 0.15) is 18.0 Å². The molecule has 16 heavy (non-hydrogen) atoms. The second kappa shape index (κ2) is 4.99. The third-order valence-corrected chi connectivity index (χ3v) is 4.09. The average Bonchev–Trinajstić information content (AvgIpc) is 2.78. The van der Waals surface area contributed by atoms with E-state index in [1.807, 2.05) is 6.92 Å². The van der Waals surface area contributed by atoms with E-state index < -0.39 is 0 Å². The van der Waals surface area contributed by atoms with E-state index in [4.69, 9.17) is 5.73 Å². The molecule has 84 valence electrons. The van der Waals surface area contributed by atoms with Crippen molar-refractivity contribution in [1.82, 2.24) is 4.98 Å². The quantitative estimate of drug-likeness (QED) is 0.847. The van der Waals surface area contributed by atoms with Crippen molar-refractivity contribution in [2.24, 2.45) is 5.73 Å². The van der Waals surface area contributed by atoms with Crippen LogP contribution in [0.3, 0.4) is 0 Å². The number of nitrogens with zero attached hydrogens (tertiary/aromatic N) is 1. The van der Waals surface area contributed by atoms with Crippen LogP contribution in [0.2, 0.25) is 0 Å². The molecule has 0 spiro atoms. The zero-order valence-corrected chi connectivity index (χ0v) is 10.9. The number of hydrogen-bond donors (Lipinski definition) is 1. The minimum atomic E-state index is 0.0178. The first-order chi connectivity index (χ1) is 7.70. The second-order valence-corrected chi connectivity index (χ2v) is 5.36. The largest absolute Gasteiger partial charge is 0.322 e. The number of nitrogens with two attached hydrogens (primary N) is 1. The van der Waals surface area contributed by atoms with Gasteiger partial charge in [-0.1, -0.05) is 12.1 Å². The van der Waals surface area contributed by atoms with Gasteiger partial charge in [-0.3, -0.25) is 0 Å². The van der Waals surface area contributed by atoms with Gasteiger partial charge in [0.05, 0.1) is 11.7 Å².